The SMILES string of the molecule is Cc1ccc(CC(=O)N2CCC(c3nnc4ccccn34)CC2)cn1. The van der Waals surface area contributed by atoms with Crippen LogP contribution in [0.5, 0.6) is 0 Å². The molecule has 0 N–H and O–H groups in total. The van der Waals surface area contributed by atoms with E-state index in [1.165, 1.54) is 0 Å². The maximum absolute atomic E-state index is 12.5. The summed E-state index contributed by atoms with van der Waals surface area (Å²) in [7, 11) is 0. The number of aryl methyl sites for hydroxylation is 1. The van der Waals surface area contributed by atoms with Gasteiger partial charge in [-0.3, -0.25) is 14.2 Å². The number of pyridine rings is 2. The van der Waals surface area contributed by atoms with Crippen LogP contribution in [0.15, 0.2) is 42.7 Å². The predicted octanol–water partition coefficient (Wildman–Crippen LogP) is 2.38. The molecule has 0 aromatic carbocycles. The van der Waals surface area contributed by atoms with Crippen molar-refractivity contribution in [2.75, 3.05) is 13.1 Å². The van der Waals surface area contributed by atoms with E-state index in [0.717, 1.165) is 48.7 Å². The second kappa shape index (κ2) is 6.63. The van der Waals surface area contributed by atoms with Crippen LogP contribution < -0.4 is 0 Å². The Hall–Kier alpha value is -2.76. The fraction of sp³-hybridized carbons (Fsp3) is 0.368. The molecule has 0 atom stereocenters. The zero-order valence-corrected chi connectivity index (χ0v) is 14.3. The predicted molar refractivity (Wildman–Crippen MR) is 94.2 cm³/mol. The molecular formula is C19H21N5O. The van der Waals surface area contributed by atoms with E-state index in [1.54, 1.807) is 6.20 Å². The number of hydrogen-bond acceptors (Lipinski definition) is 4. The van der Waals surface area contributed by atoms with E-state index < -0.39 is 0 Å². The molecule has 0 radical (unpaired) electrons. The van der Waals surface area contributed by atoms with Crippen molar-refractivity contribution < 1.29 is 4.79 Å². The minimum atomic E-state index is 0.176. The van der Waals surface area contributed by atoms with Crippen LogP contribution in [-0.4, -0.2) is 43.5 Å². The lowest BCUT2D eigenvalue weighted by molar-refractivity contribution is -0.131. The topological polar surface area (TPSA) is 63.4 Å². The Kier molecular flexibility index (Phi) is 4.17. The molecule has 3 aromatic rings. The standard InChI is InChI=1S/C19H21N5O/c1-14-5-6-15(13-20-14)12-18(25)23-10-7-16(8-11-23)19-22-21-17-4-2-3-9-24(17)19/h2-6,9,13,16H,7-8,10-12H2,1H3. The zero-order valence-electron chi connectivity index (χ0n) is 14.3. The summed E-state index contributed by atoms with van der Waals surface area (Å²) in [6.07, 6.45) is 6.07. The van der Waals surface area contributed by atoms with Gasteiger partial charge in [0.15, 0.2) is 5.65 Å². The number of aromatic nitrogens is 4. The minimum Gasteiger partial charge on any atom is -0.342 e. The van der Waals surface area contributed by atoms with Crippen molar-refractivity contribution in [2.24, 2.45) is 0 Å². The summed E-state index contributed by atoms with van der Waals surface area (Å²) in [6, 6.07) is 9.86. The van der Waals surface area contributed by atoms with Gasteiger partial charge in [0.25, 0.3) is 0 Å². The van der Waals surface area contributed by atoms with E-state index in [1.807, 2.05) is 48.4 Å². The van der Waals surface area contributed by atoms with Crippen LogP contribution in [0.1, 0.15) is 35.8 Å². The smallest absolute Gasteiger partial charge is 0.227 e. The molecule has 6 nitrogen and oxygen atoms in total. The monoisotopic (exact) mass is 335 g/mol. The molecule has 0 aliphatic carbocycles. The third-order valence-electron chi connectivity index (χ3n) is 4.88. The Morgan fingerprint density at radius 1 is 1.16 bits per heavy atom. The zero-order chi connectivity index (χ0) is 17.2. The molecule has 4 heterocycles. The van der Waals surface area contributed by atoms with Gasteiger partial charge >= 0.3 is 0 Å². The summed E-state index contributed by atoms with van der Waals surface area (Å²) in [4.78, 5) is 18.7. The quantitative estimate of drug-likeness (QED) is 0.737. The van der Waals surface area contributed by atoms with E-state index in [2.05, 4.69) is 19.6 Å². The lowest BCUT2D eigenvalue weighted by Gasteiger charge is -2.31. The van der Waals surface area contributed by atoms with Gasteiger partial charge in [0, 0.05) is 37.1 Å². The number of likely N-dealkylation sites (tertiary alicyclic amines) is 1. The lowest BCUT2D eigenvalue weighted by Crippen LogP contribution is -2.39. The molecule has 6 heteroatoms. The highest BCUT2D eigenvalue weighted by Gasteiger charge is 2.26. The van der Waals surface area contributed by atoms with E-state index in [0.29, 0.717) is 12.3 Å². The number of piperidine rings is 1. The first kappa shape index (κ1) is 15.7. The first-order valence-corrected chi connectivity index (χ1v) is 8.69. The van der Waals surface area contributed by atoms with Gasteiger partial charge in [0.2, 0.25) is 5.91 Å². The van der Waals surface area contributed by atoms with Crippen molar-refractivity contribution in [2.45, 2.75) is 32.1 Å². The van der Waals surface area contributed by atoms with Crippen molar-refractivity contribution in [3.05, 3.63) is 59.8 Å². The lowest BCUT2D eigenvalue weighted by atomic mass is 9.95. The van der Waals surface area contributed by atoms with E-state index in [-0.39, 0.29) is 5.91 Å². The Morgan fingerprint density at radius 2 is 2.00 bits per heavy atom. The highest BCUT2D eigenvalue weighted by atomic mass is 16.2. The Balaban J connectivity index is 1.39. The molecule has 25 heavy (non-hydrogen) atoms. The molecule has 1 fully saturated rings. The molecule has 0 unspecified atom stereocenters. The third-order valence-corrected chi connectivity index (χ3v) is 4.88. The van der Waals surface area contributed by atoms with Gasteiger partial charge in [-0.1, -0.05) is 12.1 Å². The van der Waals surface area contributed by atoms with E-state index >= 15 is 0 Å². The maximum atomic E-state index is 12.5. The fourth-order valence-electron chi connectivity index (χ4n) is 3.41. The van der Waals surface area contributed by atoms with Crippen molar-refractivity contribution >= 4 is 11.6 Å². The number of rotatable bonds is 3. The first-order valence-electron chi connectivity index (χ1n) is 8.69. The summed E-state index contributed by atoms with van der Waals surface area (Å²) in [5.41, 5.74) is 2.82. The highest BCUT2D eigenvalue weighted by Crippen LogP contribution is 2.27. The number of nitrogens with zero attached hydrogens (tertiary/aromatic N) is 5. The molecule has 1 aliphatic heterocycles. The van der Waals surface area contributed by atoms with Crippen molar-refractivity contribution in [1.29, 1.82) is 0 Å². The third kappa shape index (κ3) is 3.24. The molecule has 0 spiro atoms. The van der Waals surface area contributed by atoms with Crippen LogP contribution >= 0.6 is 0 Å². The van der Waals surface area contributed by atoms with Crippen LogP contribution in [0.3, 0.4) is 0 Å². The largest absolute Gasteiger partial charge is 0.342 e. The first-order chi connectivity index (χ1) is 12.2. The summed E-state index contributed by atoms with van der Waals surface area (Å²) in [6.45, 7) is 3.49. The maximum Gasteiger partial charge on any atom is 0.227 e. The summed E-state index contributed by atoms with van der Waals surface area (Å²) in [5, 5.41) is 8.60. The summed E-state index contributed by atoms with van der Waals surface area (Å²) in [5.74, 6) is 1.53. The number of fused-ring (bicyclic) bond motifs is 1. The van der Waals surface area contributed by atoms with Crippen LogP contribution in [0.4, 0.5) is 0 Å². The van der Waals surface area contributed by atoms with Gasteiger partial charge in [-0.2, -0.15) is 0 Å². The second-order valence-electron chi connectivity index (χ2n) is 6.63. The summed E-state index contributed by atoms with van der Waals surface area (Å²) >= 11 is 0. The molecule has 3 aromatic heterocycles. The average Bonchev–Trinajstić information content (AvgIpc) is 3.08. The van der Waals surface area contributed by atoms with Crippen LogP contribution in [0.25, 0.3) is 5.65 Å². The average molecular weight is 335 g/mol. The minimum absolute atomic E-state index is 0.176. The highest BCUT2D eigenvalue weighted by molar-refractivity contribution is 5.78. The molecule has 0 saturated carbocycles. The van der Waals surface area contributed by atoms with Gasteiger partial charge in [0.05, 0.1) is 6.42 Å². The molecular weight excluding hydrogens is 314 g/mol. The molecule has 1 aliphatic rings. The Bertz CT molecular complexity index is 878. The Morgan fingerprint density at radius 3 is 2.76 bits per heavy atom. The molecule has 128 valence electrons. The van der Waals surface area contributed by atoms with Gasteiger partial charge in [-0.15, -0.1) is 10.2 Å². The van der Waals surface area contributed by atoms with Crippen LogP contribution in [-0.2, 0) is 11.2 Å². The van der Waals surface area contributed by atoms with Crippen LogP contribution in [0, 0.1) is 6.92 Å². The molecule has 0 bridgehead atoms. The van der Waals surface area contributed by atoms with Gasteiger partial charge in [0.1, 0.15) is 5.82 Å². The number of hydrogen-bond donors (Lipinski definition) is 0. The van der Waals surface area contributed by atoms with Crippen LogP contribution in [0.2, 0.25) is 0 Å². The fourth-order valence-corrected chi connectivity index (χ4v) is 3.41. The van der Waals surface area contributed by atoms with Gasteiger partial charge < -0.3 is 4.90 Å². The molecule has 1 amide bonds. The second-order valence-corrected chi connectivity index (χ2v) is 6.63. The van der Waals surface area contributed by atoms with Crippen molar-refractivity contribution in [1.82, 2.24) is 24.5 Å². The van der Waals surface area contributed by atoms with Gasteiger partial charge in [-0.25, -0.2) is 0 Å². The number of amides is 1. The molecule has 4 rings (SSSR count). The molecule has 1 saturated heterocycles. The Labute approximate surface area is 146 Å². The van der Waals surface area contributed by atoms with Crippen molar-refractivity contribution in [3.8, 4) is 0 Å². The number of carbonyl (C=O) groups excluding carboxylic acids is 1. The van der Waals surface area contributed by atoms with Gasteiger partial charge in [-0.05, 0) is 43.5 Å². The normalized spacial score (nSPS) is 15.6. The summed E-state index contributed by atoms with van der Waals surface area (Å²) < 4.78 is 2.06. The van der Waals surface area contributed by atoms with E-state index in [9.17, 15) is 4.79 Å². The van der Waals surface area contributed by atoms with Crippen molar-refractivity contribution in [3.63, 3.8) is 0 Å². The number of carbonyl (C=O) groups is 1. The van der Waals surface area contributed by atoms with E-state index in [4.69, 9.17) is 0 Å².